The fourth-order valence-electron chi connectivity index (χ4n) is 2.76. The van der Waals surface area contributed by atoms with Crippen LogP contribution in [-0.2, 0) is 16.0 Å². The summed E-state index contributed by atoms with van der Waals surface area (Å²) in [6.07, 6.45) is 2.09. The fourth-order valence-corrected chi connectivity index (χ4v) is 2.76. The van der Waals surface area contributed by atoms with Crippen LogP contribution in [0.1, 0.15) is 21.5 Å². The molecule has 1 amide bonds. The summed E-state index contributed by atoms with van der Waals surface area (Å²) in [5, 5.41) is 13.5. The summed E-state index contributed by atoms with van der Waals surface area (Å²) in [5.74, 6) is -0.535. The number of hydrogen-bond acceptors (Lipinski definition) is 7. The molecule has 0 spiro atoms. The molecule has 9 nitrogen and oxygen atoms in total. The van der Waals surface area contributed by atoms with E-state index in [4.69, 9.17) is 14.2 Å². The van der Waals surface area contributed by atoms with Gasteiger partial charge < -0.3 is 19.5 Å². The lowest BCUT2D eigenvalue weighted by Crippen LogP contribution is -2.21. The number of allylic oxidation sites excluding steroid dienone is 1. The SMILES string of the molecule is C=CCc1cc(C(=O)OCC(=O)Nc2ccc(C)c([N+](=O)[O-])c2)cc(OC)c1OC. The van der Waals surface area contributed by atoms with Gasteiger partial charge in [0.05, 0.1) is 24.7 Å². The van der Waals surface area contributed by atoms with E-state index in [0.29, 0.717) is 29.0 Å². The zero-order valence-electron chi connectivity index (χ0n) is 16.9. The molecule has 0 saturated carbocycles. The van der Waals surface area contributed by atoms with E-state index in [2.05, 4.69) is 11.9 Å². The highest BCUT2D eigenvalue weighted by molar-refractivity contribution is 5.96. The number of rotatable bonds is 9. The van der Waals surface area contributed by atoms with Gasteiger partial charge >= 0.3 is 5.97 Å². The number of nitrogens with zero attached hydrogens (tertiary/aromatic N) is 1. The molecule has 0 radical (unpaired) electrons. The van der Waals surface area contributed by atoms with Crippen molar-refractivity contribution in [3.63, 3.8) is 0 Å². The highest BCUT2D eigenvalue weighted by atomic mass is 16.6. The molecule has 2 rings (SSSR count). The molecule has 0 fully saturated rings. The summed E-state index contributed by atoms with van der Waals surface area (Å²) in [6.45, 7) is 4.70. The molecule has 0 aromatic heterocycles. The van der Waals surface area contributed by atoms with Crippen LogP contribution in [0.5, 0.6) is 11.5 Å². The molecule has 0 aliphatic carbocycles. The largest absolute Gasteiger partial charge is 0.493 e. The predicted octanol–water partition coefficient (Wildman–Crippen LogP) is 3.44. The number of nitro groups is 1. The number of nitro benzene ring substituents is 1. The van der Waals surface area contributed by atoms with Gasteiger partial charge in [0.2, 0.25) is 0 Å². The molecule has 30 heavy (non-hydrogen) atoms. The van der Waals surface area contributed by atoms with Gasteiger partial charge in [0.1, 0.15) is 0 Å². The molecular weight excluding hydrogens is 392 g/mol. The number of benzene rings is 2. The second-order valence-electron chi connectivity index (χ2n) is 6.25. The lowest BCUT2D eigenvalue weighted by molar-refractivity contribution is -0.385. The van der Waals surface area contributed by atoms with E-state index in [1.54, 1.807) is 19.1 Å². The van der Waals surface area contributed by atoms with E-state index in [1.165, 1.54) is 38.5 Å². The molecule has 0 heterocycles. The van der Waals surface area contributed by atoms with E-state index in [-0.39, 0.29) is 16.9 Å². The van der Waals surface area contributed by atoms with Gasteiger partial charge in [-0.15, -0.1) is 6.58 Å². The van der Waals surface area contributed by atoms with Crippen molar-refractivity contribution in [2.24, 2.45) is 0 Å². The summed E-state index contributed by atoms with van der Waals surface area (Å²) in [7, 11) is 2.93. The summed E-state index contributed by atoms with van der Waals surface area (Å²) >= 11 is 0. The Morgan fingerprint density at radius 2 is 1.93 bits per heavy atom. The number of esters is 1. The maximum absolute atomic E-state index is 12.4. The van der Waals surface area contributed by atoms with Crippen LogP contribution in [0.2, 0.25) is 0 Å². The topological polar surface area (TPSA) is 117 Å². The molecular formula is C21H22N2O7. The third kappa shape index (κ3) is 5.34. The van der Waals surface area contributed by atoms with E-state index in [1.807, 2.05) is 0 Å². The van der Waals surface area contributed by atoms with Gasteiger partial charge in [-0.05, 0) is 31.5 Å². The second-order valence-corrected chi connectivity index (χ2v) is 6.25. The van der Waals surface area contributed by atoms with Gasteiger partial charge in [-0.3, -0.25) is 14.9 Å². The summed E-state index contributed by atoms with van der Waals surface area (Å²) in [6, 6.07) is 7.31. The van der Waals surface area contributed by atoms with Crippen LogP contribution in [0.25, 0.3) is 0 Å². The van der Waals surface area contributed by atoms with E-state index >= 15 is 0 Å². The maximum atomic E-state index is 12.4. The van der Waals surface area contributed by atoms with E-state index in [9.17, 15) is 19.7 Å². The Balaban J connectivity index is 2.09. The molecule has 2 aromatic rings. The quantitative estimate of drug-likeness (QED) is 0.289. The highest BCUT2D eigenvalue weighted by Crippen LogP contribution is 2.33. The minimum Gasteiger partial charge on any atom is -0.493 e. The Bertz CT molecular complexity index is 986. The molecule has 2 aromatic carbocycles. The first-order valence-corrected chi connectivity index (χ1v) is 8.88. The minimum absolute atomic E-state index is 0.120. The molecule has 158 valence electrons. The van der Waals surface area contributed by atoms with Crippen LogP contribution < -0.4 is 14.8 Å². The van der Waals surface area contributed by atoms with Gasteiger partial charge in [0.15, 0.2) is 18.1 Å². The number of methoxy groups -OCH3 is 2. The van der Waals surface area contributed by atoms with Crippen LogP contribution in [0.4, 0.5) is 11.4 Å². The van der Waals surface area contributed by atoms with Crippen molar-refractivity contribution in [3.8, 4) is 11.5 Å². The number of nitrogens with one attached hydrogen (secondary N) is 1. The third-order valence-corrected chi connectivity index (χ3v) is 4.18. The Morgan fingerprint density at radius 3 is 2.53 bits per heavy atom. The summed E-state index contributed by atoms with van der Waals surface area (Å²) < 4.78 is 15.6. The molecule has 0 saturated heterocycles. The molecule has 0 atom stereocenters. The maximum Gasteiger partial charge on any atom is 0.338 e. The second kappa shape index (κ2) is 10.1. The van der Waals surface area contributed by atoms with Crippen LogP contribution in [0.15, 0.2) is 43.0 Å². The van der Waals surface area contributed by atoms with Crippen molar-refractivity contribution < 1.29 is 28.7 Å². The van der Waals surface area contributed by atoms with Crippen molar-refractivity contribution in [2.45, 2.75) is 13.3 Å². The highest BCUT2D eigenvalue weighted by Gasteiger charge is 2.18. The van der Waals surface area contributed by atoms with Gasteiger partial charge in [0, 0.05) is 22.9 Å². The van der Waals surface area contributed by atoms with Crippen LogP contribution in [0.3, 0.4) is 0 Å². The smallest absolute Gasteiger partial charge is 0.338 e. The molecule has 0 unspecified atom stereocenters. The number of carbonyl (C=O) groups excluding carboxylic acids is 2. The minimum atomic E-state index is -0.730. The normalized spacial score (nSPS) is 10.1. The van der Waals surface area contributed by atoms with Gasteiger partial charge in [-0.1, -0.05) is 12.1 Å². The Kier molecular flexibility index (Phi) is 7.51. The Labute approximate surface area is 173 Å². The van der Waals surface area contributed by atoms with Gasteiger partial charge in [0.25, 0.3) is 11.6 Å². The third-order valence-electron chi connectivity index (χ3n) is 4.18. The van der Waals surface area contributed by atoms with E-state index in [0.717, 1.165) is 0 Å². The number of aryl methyl sites for hydroxylation is 1. The average molecular weight is 414 g/mol. The Morgan fingerprint density at radius 1 is 1.20 bits per heavy atom. The molecule has 9 heteroatoms. The van der Waals surface area contributed by atoms with Crippen molar-refractivity contribution in [1.82, 2.24) is 0 Å². The number of hydrogen-bond donors (Lipinski definition) is 1. The lowest BCUT2D eigenvalue weighted by atomic mass is 10.1. The molecule has 1 N–H and O–H groups in total. The molecule has 0 aliphatic rings. The number of amides is 1. The molecule has 0 aliphatic heterocycles. The first-order valence-electron chi connectivity index (χ1n) is 8.88. The monoisotopic (exact) mass is 414 g/mol. The average Bonchev–Trinajstić information content (AvgIpc) is 2.72. The lowest BCUT2D eigenvalue weighted by Gasteiger charge is -2.14. The standard InChI is InChI=1S/C21H22N2O7/c1-5-6-14-9-15(10-18(28-3)20(14)29-4)21(25)30-12-19(24)22-16-8-7-13(2)17(11-16)23(26)27/h5,7-11H,1,6,12H2,2-4H3,(H,22,24). The number of ether oxygens (including phenoxy) is 3. The van der Waals surface area contributed by atoms with Crippen molar-refractivity contribution >= 4 is 23.3 Å². The Hall–Kier alpha value is -3.88. The zero-order chi connectivity index (χ0) is 22.3. The number of carbonyl (C=O) groups is 2. The zero-order valence-corrected chi connectivity index (χ0v) is 16.9. The predicted molar refractivity (Wildman–Crippen MR) is 110 cm³/mol. The first-order chi connectivity index (χ1) is 14.3. The first kappa shape index (κ1) is 22.4. The van der Waals surface area contributed by atoms with E-state index < -0.39 is 23.4 Å². The van der Waals surface area contributed by atoms with Crippen molar-refractivity contribution in [3.05, 3.63) is 69.8 Å². The molecule has 0 bridgehead atoms. The van der Waals surface area contributed by atoms with Gasteiger partial charge in [-0.25, -0.2) is 4.79 Å². The number of anilines is 1. The summed E-state index contributed by atoms with van der Waals surface area (Å²) in [4.78, 5) is 35.0. The van der Waals surface area contributed by atoms with Crippen LogP contribution in [-0.4, -0.2) is 37.6 Å². The van der Waals surface area contributed by atoms with Crippen LogP contribution in [0, 0.1) is 17.0 Å². The fraction of sp³-hybridized carbons (Fsp3) is 0.238. The summed E-state index contributed by atoms with van der Waals surface area (Å²) in [5.41, 5.74) is 1.43. The van der Waals surface area contributed by atoms with Crippen molar-refractivity contribution in [1.29, 1.82) is 0 Å². The van der Waals surface area contributed by atoms with Gasteiger partial charge in [-0.2, -0.15) is 0 Å². The van der Waals surface area contributed by atoms with Crippen LogP contribution >= 0.6 is 0 Å². The van der Waals surface area contributed by atoms with Crippen molar-refractivity contribution in [2.75, 3.05) is 26.1 Å².